The minimum absolute atomic E-state index is 0.125. The van der Waals surface area contributed by atoms with Crippen molar-refractivity contribution in [3.8, 4) is 11.5 Å². The van der Waals surface area contributed by atoms with Crippen molar-refractivity contribution in [2.24, 2.45) is 4.90 Å². The molecule has 4 N–H and O–H groups in total. The summed E-state index contributed by atoms with van der Waals surface area (Å²) in [5, 5.41) is 27.8. The lowest BCUT2D eigenvalue weighted by molar-refractivity contribution is -0.122. The van der Waals surface area contributed by atoms with Crippen LogP contribution in [0.4, 0.5) is 17.1 Å². The Morgan fingerprint density at radius 1 is 0.688 bits per heavy atom. The quantitative estimate of drug-likeness (QED) is 0.220. The van der Waals surface area contributed by atoms with Crippen LogP contribution in [0.15, 0.2) is 114 Å². The molecule has 2 unspecified atom stereocenters. The molecule has 6 aromatic carbocycles. The van der Waals surface area contributed by atoms with Crippen LogP contribution in [-0.2, 0) is 4.79 Å². The van der Waals surface area contributed by atoms with Crippen molar-refractivity contribution in [2.45, 2.75) is 12.0 Å². The number of hydrogen-bond donors (Lipinski definition) is 4. The second kappa shape index (κ2) is 11.0. The van der Waals surface area contributed by atoms with Gasteiger partial charge in [-0.1, -0.05) is 72.8 Å². The molecule has 0 amide bonds. The Hall–Kier alpha value is -5.60. The smallest absolute Gasteiger partial charge is 0.427 e. The summed E-state index contributed by atoms with van der Waals surface area (Å²) in [6.07, 6.45) is -1.03. The molecule has 1 aliphatic carbocycles. The second-order valence-electron chi connectivity index (χ2n) is 12.3. The van der Waals surface area contributed by atoms with Crippen molar-refractivity contribution in [3.05, 3.63) is 125 Å². The Balaban J connectivity index is 1.16. The Morgan fingerprint density at radius 3 is 1.98 bits per heavy atom. The minimum atomic E-state index is -1.03. The molecule has 12 heteroatoms. The van der Waals surface area contributed by atoms with Crippen molar-refractivity contribution in [3.63, 3.8) is 0 Å². The second-order valence-corrected chi connectivity index (χ2v) is 12.3. The van der Waals surface area contributed by atoms with E-state index in [4.69, 9.17) is 30.3 Å². The third-order valence-corrected chi connectivity index (χ3v) is 9.70. The van der Waals surface area contributed by atoms with Crippen LogP contribution in [0.1, 0.15) is 11.5 Å². The number of aliphatic hydroxyl groups is 1. The van der Waals surface area contributed by atoms with Gasteiger partial charge in [-0.2, -0.15) is 0 Å². The Bertz CT molecular complexity index is 2430. The molecular formula is C36H24B4N4O4. The van der Waals surface area contributed by atoms with Crippen LogP contribution < -0.4 is 46.5 Å². The fourth-order valence-corrected chi connectivity index (χ4v) is 7.33. The zero-order valence-electron chi connectivity index (χ0n) is 25.5. The monoisotopic (exact) mass is 620 g/mol. The molecule has 1 fully saturated rings. The molecule has 48 heavy (non-hydrogen) atoms. The van der Waals surface area contributed by atoms with Gasteiger partial charge in [-0.3, -0.25) is 4.79 Å². The zero-order chi connectivity index (χ0) is 32.5. The van der Waals surface area contributed by atoms with E-state index >= 15 is 0 Å². The molecule has 6 aromatic rings. The number of aliphatic hydroxyl groups excluding tert-OH is 1. The summed E-state index contributed by atoms with van der Waals surface area (Å²) in [6, 6.07) is 34.8. The highest BCUT2D eigenvalue weighted by molar-refractivity contribution is 6.80. The summed E-state index contributed by atoms with van der Waals surface area (Å²) in [6.45, 7) is -0.703. The van der Waals surface area contributed by atoms with E-state index in [1.54, 1.807) is 24.3 Å². The number of anilines is 3. The van der Waals surface area contributed by atoms with Gasteiger partial charge in [0.15, 0.2) is 5.78 Å². The zero-order valence-corrected chi connectivity index (χ0v) is 25.5. The van der Waals surface area contributed by atoms with Gasteiger partial charge < -0.3 is 35.0 Å². The van der Waals surface area contributed by atoms with Crippen molar-refractivity contribution >= 4 is 91.0 Å². The Kier molecular flexibility index (Phi) is 6.55. The van der Waals surface area contributed by atoms with Gasteiger partial charge >= 0.3 is 30.1 Å². The molecule has 1 saturated carbocycles. The van der Waals surface area contributed by atoms with E-state index in [1.807, 2.05) is 84.9 Å². The SMILES string of the molecule is [B]Oc1ccc(B2N=c3/c(=C4\C(=O)C(c5ccc6cccc7c6c5NB(c5ccc(O[B])cc5)N7)C4O)ccc4cccc(c34)N2)cc1. The number of hydrogen-bond acceptors (Lipinski definition) is 8. The Labute approximate surface area is 279 Å². The average molecular weight is 620 g/mol. The first-order valence-electron chi connectivity index (χ1n) is 15.7. The van der Waals surface area contributed by atoms with Gasteiger partial charge in [0.25, 0.3) is 0 Å². The van der Waals surface area contributed by atoms with Gasteiger partial charge in [-0.15, -0.1) is 0 Å². The fraction of sp³-hybridized carbons (Fsp3) is 0.0556. The maximum absolute atomic E-state index is 14.3. The molecule has 2 atom stereocenters. The van der Waals surface area contributed by atoms with E-state index in [9.17, 15) is 9.90 Å². The number of carbonyl (C=O) groups is 1. The van der Waals surface area contributed by atoms with Crippen LogP contribution in [0.3, 0.4) is 0 Å². The van der Waals surface area contributed by atoms with Gasteiger partial charge in [0.1, 0.15) is 0 Å². The van der Waals surface area contributed by atoms with Crippen LogP contribution in [0.2, 0.25) is 0 Å². The number of rotatable bonds is 5. The molecule has 8 nitrogen and oxygen atoms in total. The molecule has 2 heterocycles. The summed E-state index contributed by atoms with van der Waals surface area (Å²) >= 11 is 0. The first-order chi connectivity index (χ1) is 23.5. The van der Waals surface area contributed by atoms with Gasteiger partial charge in [0, 0.05) is 38.6 Å². The topological polar surface area (TPSA) is 104 Å². The van der Waals surface area contributed by atoms with Crippen molar-refractivity contribution in [1.29, 1.82) is 0 Å². The standard InChI is InChI=1S/C36H24B4N4O4/c37-47-23-13-9-21(10-14-23)39-41-27-5-1-3-19-7-17-25(33(43-39)29(19)27)31-35(45)32(36(31)46)26-18-8-20-4-2-6-28-30(20)34(26)44-40(42-28)22-11-15-24(48-38)16-12-22/h1-18,31,35,41-43,45H/b32-26-. The first-order valence-corrected chi connectivity index (χ1v) is 15.7. The molecular weight excluding hydrogens is 596 g/mol. The summed E-state index contributed by atoms with van der Waals surface area (Å²) in [5.41, 5.74) is 5.65. The van der Waals surface area contributed by atoms with Gasteiger partial charge in [-0.05, 0) is 63.7 Å². The number of Topliss-reactive ketones (excluding diaryl/α,β-unsaturated/α-hetero) is 1. The van der Waals surface area contributed by atoms with Crippen molar-refractivity contribution < 1.29 is 19.2 Å². The molecule has 3 aliphatic rings. The average Bonchev–Trinajstić information content (AvgIpc) is 3.13. The van der Waals surface area contributed by atoms with Gasteiger partial charge in [-0.25, -0.2) is 0 Å². The molecule has 2 aliphatic heterocycles. The van der Waals surface area contributed by atoms with Gasteiger partial charge in [0.05, 0.1) is 28.9 Å². The maximum atomic E-state index is 14.3. The fourth-order valence-electron chi connectivity index (χ4n) is 7.33. The van der Waals surface area contributed by atoms with Crippen LogP contribution in [0.25, 0.3) is 27.1 Å². The van der Waals surface area contributed by atoms with E-state index in [0.717, 1.165) is 55.1 Å². The molecule has 0 bridgehead atoms. The van der Waals surface area contributed by atoms with Crippen LogP contribution in [0.5, 0.6) is 11.5 Å². The molecule has 0 spiro atoms. The van der Waals surface area contributed by atoms with E-state index in [1.165, 1.54) is 0 Å². The normalized spacial score (nSPS) is 18.7. The van der Waals surface area contributed by atoms with E-state index in [0.29, 0.717) is 27.6 Å². The number of nitrogens with zero attached hydrogens (tertiary/aromatic N) is 1. The van der Waals surface area contributed by atoms with Crippen molar-refractivity contribution in [1.82, 2.24) is 0 Å². The van der Waals surface area contributed by atoms with E-state index < -0.39 is 19.0 Å². The van der Waals surface area contributed by atoms with E-state index in [2.05, 4.69) is 15.7 Å². The van der Waals surface area contributed by atoms with E-state index in [-0.39, 0.29) is 12.8 Å². The molecule has 4 radical (unpaired) electrons. The maximum Gasteiger partial charge on any atom is 0.427 e. The number of carbonyl (C=O) groups excluding carboxylic acids is 1. The van der Waals surface area contributed by atoms with Crippen LogP contribution >= 0.6 is 0 Å². The number of benzene rings is 6. The number of ketones is 1. The molecule has 224 valence electrons. The lowest BCUT2D eigenvalue weighted by Gasteiger charge is -2.38. The highest BCUT2D eigenvalue weighted by atomic mass is 16.4. The highest BCUT2D eigenvalue weighted by Crippen LogP contribution is 2.46. The summed E-state index contributed by atoms with van der Waals surface area (Å²) in [7, 11) is 10.7. The largest absolute Gasteiger partial charge is 0.568 e. The van der Waals surface area contributed by atoms with Crippen molar-refractivity contribution in [2.75, 3.05) is 15.7 Å². The molecule has 9 rings (SSSR count). The summed E-state index contributed by atoms with van der Waals surface area (Å²) in [4.78, 5) is 19.4. The first kappa shape index (κ1) is 28.6. The predicted octanol–water partition coefficient (Wildman–Crippen LogP) is 2.47. The summed E-state index contributed by atoms with van der Waals surface area (Å²) < 4.78 is 9.72. The van der Waals surface area contributed by atoms with Crippen LogP contribution in [-0.4, -0.2) is 47.1 Å². The van der Waals surface area contributed by atoms with Crippen LogP contribution in [0, 0.1) is 0 Å². The summed E-state index contributed by atoms with van der Waals surface area (Å²) in [5.74, 6) is 0.223. The highest BCUT2D eigenvalue weighted by Gasteiger charge is 2.47. The third-order valence-electron chi connectivity index (χ3n) is 9.70. The van der Waals surface area contributed by atoms with Gasteiger partial charge in [0.2, 0.25) is 0 Å². The Morgan fingerprint density at radius 2 is 1.31 bits per heavy atom. The number of nitrogens with one attached hydrogen (secondary N) is 3. The lowest BCUT2D eigenvalue weighted by atomic mass is 9.64. The predicted molar refractivity (Wildman–Crippen MR) is 193 cm³/mol. The minimum Gasteiger partial charge on any atom is -0.568 e. The lowest BCUT2D eigenvalue weighted by Crippen LogP contribution is -2.52. The molecule has 0 saturated heterocycles. The molecule has 0 aromatic heterocycles. The third kappa shape index (κ3) is 4.33.